The lowest BCUT2D eigenvalue weighted by atomic mass is 9.72. The van der Waals surface area contributed by atoms with Crippen molar-refractivity contribution < 1.29 is 0 Å². The van der Waals surface area contributed by atoms with Gasteiger partial charge in [0.05, 0.1) is 6.07 Å². The minimum atomic E-state index is 0.693. The van der Waals surface area contributed by atoms with Crippen LogP contribution in [0, 0.1) is 29.1 Å². The van der Waals surface area contributed by atoms with Crippen molar-refractivity contribution >= 4 is 0 Å². The van der Waals surface area contributed by atoms with Crippen molar-refractivity contribution in [1.82, 2.24) is 0 Å². The van der Waals surface area contributed by atoms with Crippen LogP contribution in [0.3, 0.4) is 0 Å². The summed E-state index contributed by atoms with van der Waals surface area (Å²) in [4.78, 5) is 0. The molecule has 0 saturated heterocycles. The molecule has 0 N–H and O–H groups in total. The average Bonchev–Trinajstić information content (AvgIpc) is 2.10. The molecule has 3 unspecified atom stereocenters. The van der Waals surface area contributed by atoms with Gasteiger partial charge >= 0.3 is 0 Å². The first-order valence-corrected chi connectivity index (χ1v) is 5.64. The second-order valence-electron chi connectivity index (χ2n) is 4.57. The van der Waals surface area contributed by atoms with Crippen LogP contribution in [0.15, 0.2) is 0 Å². The summed E-state index contributed by atoms with van der Waals surface area (Å²) in [5.41, 5.74) is 0. The molecule has 1 nitrogen and oxygen atoms in total. The molecule has 0 amide bonds. The molecule has 0 aromatic rings. The van der Waals surface area contributed by atoms with E-state index in [0.29, 0.717) is 5.92 Å². The molecular formula is C12H21N. The highest BCUT2D eigenvalue weighted by atomic mass is 14.3. The van der Waals surface area contributed by atoms with Crippen LogP contribution in [0.5, 0.6) is 0 Å². The lowest BCUT2D eigenvalue weighted by molar-refractivity contribution is 0.188. The van der Waals surface area contributed by atoms with Gasteiger partial charge in [-0.3, -0.25) is 0 Å². The summed E-state index contributed by atoms with van der Waals surface area (Å²) in [5.74, 6) is 2.43. The Bertz CT molecular complexity index is 180. The molecule has 1 rings (SSSR count). The fraction of sp³-hybridized carbons (Fsp3) is 0.917. The van der Waals surface area contributed by atoms with Gasteiger partial charge in [-0.25, -0.2) is 0 Å². The Morgan fingerprint density at radius 3 is 2.69 bits per heavy atom. The van der Waals surface area contributed by atoms with Crippen LogP contribution in [0.2, 0.25) is 0 Å². The highest BCUT2D eigenvalue weighted by Gasteiger charge is 2.26. The van der Waals surface area contributed by atoms with Gasteiger partial charge in [-0.05, 0) is 30.6 Å². The van der Waals surface area contributed by atoms with Crippen LogP contribution in [0.4, 0.5) is 0 Å². The predicted octanol–water partition coefficient (Wildman–Crippen LogP) is 3.75. The fourth-order valence-corrected chi connectivity index (χ4v) is 2.66. The van der Waals surface area contributed by atoms with Gasteiger partial charge in [0.1, 0.15) is 0 Å². The summed E-state index contributed by atoms with van der Waals surface area (Å²) in [5, 5.41) is 8.66. The monoisotopic (exact) mass is 179 g/mol. The topological polar surface area (TPSA) is 23.8 Å². The molecular weight excluding hydrogens is 158 g/mol. The smallest absolute Gasteiger partial charge is 0.0624 e. The van der Waals surface area contributed by atoms with E-state index in [2.05, 4.69) is 19.9 Å². The van der Waals surface area contributed by atoms with Gasteiger partial charge in [0, 0.05) is 6.42 Å². The third-order valence-electron chi connectivity index (χ3n) is 3.51. The molecule has 1 fully saturated rings. The van der Waals surface area contributed by atoms with E-state index < -0.39 is 0 Å². The maximum absolute atomic E-state index is 8.66. The summed E-state index contributed by atoms with van der Waals surface area (Å²) >= 11 is 0. The Balaban J connectivity index is 2.33. The average molecular weight is 179 g/mol. The van der Waals surface area contributed by atoms with Gasteiger partial charge in [-0.15, -0.1) is 0 Å². The first-order chi connectivity index (χ1) is 6.27. The van der Waals surface area contributed by atoms with Gasteiger partial charge in [-0.2, -0.15) is 5.26 Å². The molecule has 13 heavy (non-hydrogen) atoms. The van der Waals surface area contributed by atoms with E-state index in [1.165, 1.54) is 32.1 Å². The third-order valence-corrected chi connectivity index (χ3v) is 3.51. The van der Waals surface area contributed by atoms with E-state index in [9.17, 15) is 0 Å². The maximum Gasteiger partial charge on any atom is 0.0624 e. The SMILES string of the molecule is CCCC1CCC(CC#N)C(C)C1. The Morgan fingerprint density at radius 1 is 1.38 bits per heavy atom. The van der Waals surface area contributed by atoms with Crippen molar-refractivity contribution in [3.63, 3.8) is 0 Å². The van der Waals surface area contributed by atoms with E-state index in [0.717, 1.165) is 18.3 Å². The summed E-state index contributed by atoms with van der Waals surface area (Å²) in [6.45, 7) is 4.59. The Morgan fingerprint density at radius 2 is 2.15 bits per heavy atom. The molecule has 0 aromatic carbocycles. The molecule has 0 heterocycles. The standard InChI is InChI=1S/C12H21N/c1-3-4-11-5-6-12(7-8-13)10(2)9-11/h10-12H,3-7,9H2,1-2H3. The molecule has 74 valence electrons. The van der Waals surface area contributed by atoms with Gasteiger partial charge in [-0.1, -0.05) is 33.1 Å². The number of hydrogen-bond acceptors (Lipinski definition) is 1. The first kappa shape index (κ1) is 10.6. The molecule has 1 saturated carbocycles. The van der Waals surface area contributed by atoms with Crippen LogP contribution in [0.1, 0.15) is 52.4 Å². The summed E-state index contributed by atoms with van der Waals surface area (Å²) < 4.78 is 0. The van der Waals surface area contributed by atoms with Crippen molar-refractivity contribution in [2.45, 2.75) is 52.4 Å². The second-order valence-corrected chi connectivity index (χ2v) is 4.57. The zero-order chi connectivity index (χ0) is 9.68. The van der Waals surface area contributed by atoms with Gasteiger partial charge in [0.25, 0.3) is 0 Å². The molecule has 1 heteroatoms. The minimum absolute atomic E-state index is 0.693. The molecule has 0 spiro atoms. The normalized spacial score (nSPS) is 34.1. The van der Waals surface area contributed by atoms with Crippen LogP contribution < -0.4 is 0 Å². The molecule has 0 bridgehead atoms. The fourth-order valence-electron chi connectivity index (χ4n) is 2.66. The van der Waals surface area contributed by atoms with Crippen molar-refractivity contribution in [3.05, 3.63) is 0 Å². The lowest BCUT2D eigenvalue weighted by Gasteiger charge is -2.32. The van der Waals surface area contributed by atoms with Crippen LogP contribution in [0.25, 0.3) is 0 Å². The molecule has 3 atom stereocenters. The van der Waals surface area contributed by atoms with Gasteiger partial charge in [0.2, 0.25) is 0 Å². The van der Waals surface area contributed by atoms with E-state index in [1.807, 2.05) is 0 Å². The molecule has 1 aliphatic rings. The molecule has 0 radical (unpaired) electrons. The lowest BCUT2D eigenvalue weighted by Crippen LogP contribution is -2.22. The van der Waals surface area contributed by atoms with Gasteiger partial charge in [0.15, 0.2) is 0 Å². The van der Waals surface area contributed by atoms with Crippen LogP contribution in [-0.4, -0.2) is 0 Å². The molecule has 0 aromatic heterocycles. The van der Waals surface area contributed by atoms with Crippen molar-refractivity contribution in [2.75, 3.05) is 0 Å². The van der Waals surface area contributed by atoms with Gasteiger partial charge < -0.3 is 0 Å². The molecule has 1 aliphatic carbocycles. The summed E-state index contributed by atoms with van der Waals surface area (Å²) in [6, 6.07) is 2.31. The zero-order valence-corrected chi connectivity index (χ0v) is 8.92. The number of nitriles is 1. The van der Waals surface area contributed by atoms with E-state index >= 15 is 0 Å². The highest BCUT2D eigenvalue weighted by molar-refractivity contribution is 4.84. The number of hydrogen-bond donors (Lipinski definition) is 0. The zero-order valence-electron chi connectivity index (χ0n) is 8.92. The third kappa shape index (κ3) is 3.03. The maximum atomic E-state index is 8.66. The molecule has 0 aliphatic heterocycles. The van der Waals surface area contributed by atoms with E-state index in [4.69, 9.17) is 5.26 Å². The van der Waals surface area contributed by atoms with Crippen LogP contribution >= 0.6 is 0 Å². The minimum Gasteiger partial charge on any atom is -0.198 e. The second kappa shape index (κ2) is 5.27. The summed E-state index contributed by atoms with van der Waals surface area (Å²) in [7, 11) is 0. The predicted molar refractivity (Wildman–Crippen MR) is 55.1 cm³/mol. The first-order valence-electron chi connectivity index (χ1n) is 5.64. The Hall–Kier alpha value is -0.510. The quantitative estimate of drug-likeness (QED) is 0.647. The Labute approximate surface area is 82.1 Å². The van der Waals surface area contributed by atoms with Crippen molar-refractivity contribution in [2.24, 2.45) is 17.8 Å². The van der Waals surface area contributed by atoms with Crippen molar-refractivity contribution in [1.29, 1.82) is 5.26 Å². The van der Waals surface area contributed by atoms with E-state index in [1.54, 1.807) is 0 Å². The van der Waals surface area contributed by atoms with Crippen molar-refractivity contribution in [3.8, 4) is 6.07 Å². The number of rotatable bonds is 3. The van der Waals surface area contributed by atoms with E-state index in [-0.39, 0.29) is 0 Å². The van der Waals surface area contributed by atoms with Crippen LogP contribution in [-0.2, 0) is 0 Å². The summed E-state index contributed by atoms with van der Waals surface area (Å²) in [6.07, 6.45) is 7.51. The highest BCUT2D eigenvalue weighted by Crippen LogP contribution is 2.37. The number of nitrogens with zero attached hydrogens (tertiary/aromatic N) is 1. The Kier molecular flexibility index (Phi) is 4.28. The largest absolute Gasteiger partial charge is 0.198 e.